The number of esters is 1. The molecular formula is C10H11NO5. The van der Waals surface area contributed by atoms with Gasteiger partial charge < -0.3 is 9.84 Å². The first-order chi connectivity index (χ1) is 7.47. The van der Waals surface area contributed by atoms with E-state index in [0.717, 1.165) is 13.2 Å². The van der Waals surface area contributed by atoms with Crippen LogP contribution in [0.15, 0.2) is 18.2 Å². The average Bonchev–Trinajstić information content (AvgIpc) is 2.27. The highest BCUT2D eigenvalue weighted by atomic mass is 16.6. The Balaban J connectivity index is 3.12. The van der Waals surface area contributed by atoms with Crippen LogP contribution in [0.4, 0.5) is 5.69 Å². The average molecular weight is 225 g/mol. The lowest BCUT2D eigenvalue weighted by molar-refractivity contribution is -0.385. The molecule has 0 spiro atoms. The molecule has 16 heavy (non-hydrogen) atoms. The Hall–Kier alpha value is -1.95. The fraction of sp³-hybridized carbons (Fsp3) is 0.300. The highest BCUT2D eigenvalue weighted by Gasteiger charge is 2.21. The number of benzene rings is 1. The van der Waals surface area contributed by atoms with Crippen LogP contribution in [0.1, 0.15) is 17.2 Å². The maximum absolute atomic E-state index is 11.0. The second kappa shape index (κ2) is 4.71. The standard InChI is InChI=1S/C10H11NO5/c1-6-3-4-7(5-8(6)11(14)15)9(12)10(13)16-2/h3-5,9,12H,1-2H3. The monoisotopic (exact) mass is 225 g/mol. The number of nitro benzene ring substituents is 1. The minimum Gasteiger partial charge on any atom is -0.467 e. The van der Waals surface area contributed by atoms with Crippen LogP contribution < -0.4 is 0 Å². The molecule has 0 aliphatic heterocycles. The normalized spacial score (nSPS) is 11.9. The number of nitrogens with zero attached hydrogens (tertiary/aromatic N) is 1. The Morgan fingerprint density at radius 1 is 1.56 bits per heavy atom. The van der Waals surface area contributed by atoms with Gasteiger partial charge in [0, 0.05) is 11.6 Å². The number of methoxy groups -OCH3 is 1. The van der Waals surface area contributed by atoms with Crippen molar-refractivity contribution in [3.05, 3.63) is 39.4 Å². The van der Waals surface area contributed by atoms with E-state index in [1.54, 1.807) is 6.92 Å². The number of ether oxygens (including phenoxy) is 1. The molecule has 0 amide bonds. The van der Waals surface area contributed by atoms with Gasteiger partial charge in [-0.05, 0) is 12.5 Å². The van der Waals surface area contributed by atoms with Crippen LogP contribution in [0.3, 0.4) is 0 Å². The van der Waals surface area contributed by atoms with Crippen LogP contribution in [-0.2, 0) is 9.53 Å². The number of carbonyl (C=O) groups excluding carboxylic acids is 1. The van der Waals surface area contributed by atoms with Gasteiger partial charge in [0.1, 0.15) is 0 Å². The summed E-state index contributed by atoms with van der Waals surface area (Å²) in [6.45, 7) is 1.58. The molecule has 86 valence electrons. The number of nitro groups is 1. The van der Waals surface area contributed by atoms with E-state index in [1.807, 2.05) is 0 Å². The molecule has 0 fully saturated rings. The van der Waals surface area contributed by atoms with Crippen molar-refractivity contribution in [1.82, 2.24) is 0 Å². The van der Waals surface area contributed by atoms with E-state index in [4.69, 9.17) is 0 Å². The van der Waals surface area contributed by atoms with Gasteiger partial charge in [0.25, 0.3) is 5.69 Å². The summed E-state index contributed by atoms with van der Waals surface area (Å²) in [5, 5.41) is 20.1. The molecule has 1 aromatic carbocycles. The quantitative estimate of drug-likeness (QED) is 0.472. The van der Waals surface area contributed by atoms with Crippen LogP contribution in [0.25, 0.3) is 0 Å². The third-order valence-electron chi connectivity index (χ3n) is 2.17. The molecule has 1 N–H and O–H groups in total. The maximum Gasteiger partial charge on any atom is 0.339 e. The number of aliphatic hydroxyl groups excluding tert-OH is 1. The molecule has 0 saturated heterocycles. The van der Waals surface area contributed by atoms with Gasteiger partial charge in [-0.2, -0.15) is 0 Å². The fourth-order valence-electron chi connectivity index (χ4n) is 1.24. The lowest BCUT2D eigenvalue weighted by Gasteiger charge is -2.08. The summed E-state index contributed by atoms with van der Waals surface area (Å²) < 4.78 is 4.34. The summed E-state index contributed by atoms with van der Waals surface area (Å²) in [4.78, 5) is 21.1. The van der Waals surface area contributed by atoms with Gasteiger partial charge >= 0.3 is 5.97 Å². The zero-order chi connectivity index (χ0) is 12.3. The molecule has 0 radical (unpaired) electrons. The summed E-state index contributed by atoms with van der Waals surface area (Å²) in [5.41, 5.74) is 0.468. The van der Waals surface area contributed by atoms with Crippen LogP contribution in [0, 0.1) is 17.0 Å². The van der Waals surface area contributed by atoms with Crippen molar-refractivity contribution in [2.75, 3.05) is 7.11 Å². The first-order valence-corrected chi connectivity index (χ1v) is 4.48. The Labute approximate surface area is 91.6 Å². The van der Waals surface area contributed by atoms with Gasteiger partial charge in [0.15, 0.2) is 6.10 Å². The summed E-state index contributed by atoms with van der Waals surface area (Å²) in [5.74, 6) is -0.849. The number of aryl methyl sites for hydroxylation is 1. The molecule has 0 aromatic heterocycles. The molecule has 0 heterocycles. The van der Waals surface area contributed by atoms with Crippen molar-refractivity contribution in [2.24, 2.45) is 0 Å². The number of hydrogen-bond donors (Lipinski definition) is 1. The van der Waals surface area contributed by atoms with Gasteiger partial charge in [-0.1, -0.05) is 12.1 Å². The van der Waals surface area contributed by atoms with Gasteiger partial charge in [0.05, 0.1) is 12.0 Å². The highest BCUT2D eigenvalue weighted by Crippen LogP contribution is 2.23. The maximum atomic E-state index is 11.0. The van der Waals surface area contributed by atoms with Crippen molar-refractivity contribution < 1.29 is 19.6 Å². The molecule has 0 saturated carbocycles. The molecule has 0 aliphatic carbocycles. The van der Waals surface area contributed by atoms with E-state index in [0.29, 0.717) is 5.56 Å². The lowest BCUT2D eigenvalue weighted by Crippen LogP contribution is -2.13. The molecule has 6 heteroatoms. The van der Waals surface area contributed by atoms with E-state index >= 15 is 0 Å². The zero-order valence-corrected chi connectivity index (χ0v) is 8.84. The second-order valence-electron chi connectivity index (χ2n) is 3.23. The van der Waals surface area contributed by atoms with Crippen LogP contribution in [0.2, 0.25) is 0 Å². The minimum absolute atomic E-state index is 0.138. The summed E-state index contributed by atoms with van der Waals surface area (Å²) >= 11 is 0. The number of hydrogen-bond acceptors (Lipinski definition) is 5. The van der Waals surface area contributed by atoms with E-state index < -0.39 is 17.0 Å². The minimum atomic E-state index is -1.50. The fourth-order valence-corrected chi connectivity index (χ4v) is 1.24. The third-order valence-corrected chi connectivity index (χ3v) is 2.17. The van der Waals surface area contributed by atoms with E-state index in [-0.39, 0.29) is 11.3 Å². The number of carbonyl (C=O) groups is 1. The topological polar surface area (TPSA) is 89.7 Å². The predicted octanol–water partition coefficient (Wildman–Crippen LogP) is 1.11. The van der Waals surface area contributed by atoms with Crippen molar-refractivity contribution in [3.8, 4) is 0 Å². The van der Waals surface area contributed by atoms with Crippen LogP contribution in [0.5, 0.6) is 0 Å². The first kappa shape index (κ1) is 12.1. The Bertz CT molecular complexity index is 429. The van der Waals surface area contributed by atoms with Gasteiger partial charge in [-0.15, -0.1) is 0 Å². The highest BCUT2D eigenvalue weighted by molar-refractivity contribution is 5.76. The van der Waals surface area contributed by atoms with Crippen molar-refractivity contribution in [2.45, 2.75) is 13.0 Å². The Morgan fingerprint density at radius 3 is 2.69 bits per heavy atom. The number of rotatable bonds is 3. The molecule has 1 unspecified atom stereocenters. The third kappa shape index (κ3) is 2.34. The van der Waals surface area contributed by atoms with Gasteiger partial charge in [-0.25, -0.2) is 4.79 Å². The Morgan fingerprint density at radius 2 is 2.19 bits per heavy atom. The Kier molecular flexibility index (Phi) is 3.57. The van der Waals surface area contributed by atoms with E-state index in [1.165, 1.54) is 12.1 Å². The van der Waals surface area contributed by atoms with Crippen LogP contribution in [-0.4, -0.2) is 23.1 Å². The smallest absolute Gasteiger partial charge is 0.339 e. The van der Waals surface area contributed by atoms with Crippen LogP contribution >= 0.6 is 0 Å². The zero-order valence-electron chi connectivity index (χ0n) is 8.84. The van der Waals surface area contributed by atoms with Crippen molar-refractivity contribution >= 4 is 11.7 Å². The summed E-state index contributed by atoms with van der Waals surface area (Å²) in [7, 11) is 1.13. The SMILES string of the molecule is COC(=O)C(O)c1ccc(C)c([N+](=O)[O-])c1. The first-order valence-electron chi connectivity index (χ1n) is 4.48. The molecular weight excluding hydrogens is 214 g/mol. The van der Waals surface area contributed by atoms with Crippen molar-refractivity contribution in [1.29, 1.82) is 0 Å². The summed E-state index contributed by atoms with van der Waals surface area (Å²) in [6.07, 6.45) is -1.50. The van der Waals surface area contributed by atoms with E-state index in [2.05, 4.69) is 4.74 Å². The molecule has 1 rings (SSSR count). The predicted molar refractivity (Wildman–Crippen MR) is 54.8 cm³/mol. The second-order valence-corrected chi connectivity index (χ2v) is 3.23. The van der Waals surface area contributed by atoms with Gasteiger partial charge in [0.2, 0.25) is 0 Å². The van der Waals surface area contributed by atoms with Crippen molar-refractivity contribution in [3.63, 3.8) is 0 Å². The number of aliphatic hydroxyl groups is 1. The summed E-state index contributed by atoms with van der Waals surface area (Å²) in [6, 6.07) is 4.08. The molecule has 6 nitrogen and oxygen atoms in total. The lowest BCUT2D eigenvalue weighted by atomic mass is 10.1. The molecule has 1 atom stereocenters. The molecule has 0 aliphatic rings. The molecule has 1 aromatic rings. The largest absolute Gasteiger partial charge is 0.467 e. The van der Waals surface area contributed by atoms with E-state index in [9.17, 15) is 20.0 Å². The van der Waals surface area contributed by atoms with Gasteiger partial charge in [-0.3, -0.25) is 10.1 Å². The molecule has 0 bridgehead atoms.